The molecule has 0 fully saturated rings. The molecule has 0 aromatic heterocycles. The second-order valence-electron chi connectivity index (χ2n) is 4.43. The molecule has 0 saturated carbocycles. The van der Waals surface area contributed by atoms with E-state index in [0.29, 0.717) is 23.0 Å². The molecule has 0 radical (unpaired) electrons. The van der Waals surface area contributed by atoms with Crippen molar-refractivity contribution in [3.63, 3.8) is 0 Å². The molecule has 2 N–H and O–H groups in total. The van der Waals surface area contributed by atoms with Crippen molar-refractivity contribution in [1.82, 2.24) is 0 Å². The maximum Gasteiger partial charge on any atom is 0.167 e. The molecular weight excluding hydrogens is 222 g/mol. The molecule has 88 valence electrons. The number of carbonyl (C=O) groups excluding carboxylic acids is 1. The third-order valence-corrected chi connectivity index (χ3v) is 2.79. The van der Waals surface area contributed by atoms with Crippen molar-refractivity contribution in [2.24, 2.45) is 17.6 Å². The van der Waals surface area contributed by atoms with Gasteiger partial charge in [0.2, 0.25) is 0 Å². The van der Waals surface area contributed by atoms with Gasteiger partial charge in [-0.2, -0.15) is 0 Å². The van der Waals surface area contributed by atoms with Crippen LogP contribution in [0.2, 0.25) is 5.02 Å². The molecular formula is C13H18ClNO. The molecule has 0 bridgehead atoms. The second kappa shape index (κ2) is 6.02. The van der Waals surface area contributed by atoms with Gasteiger partial charge in [0.1, 0.15) is 0 Å². The van der Waals surface area contributed by atoms with E-state index in [1.54, 1.807) is 24.3 Å². The first-order valence-corrected chi connectivity index (χ1v) is 5.92. The summed E-state index contributed by atoms with van der Waals surface area (Å²) in [5.74, 6) is 0.513. The monoisotopic (exact) mass is 239 g/mol. The third-order valence-electron chi connectivity index (χ3n) is 2.54. The summed E-state index contributed by atoms with van der Waals surface area (Å²) in [4.78, 5) is 12.1. The van der Waals surface area contributed by atoms with E-state index in [0.717, 1.165) is 6.42 Å². The fraction of sp³-hybridized carbons (Fsp3) is 0.462. The van der Waals surface area contributed by atoms with Crippen molar-refractivity contribution >= 4 is 17.4 Å². The number of hydrogen-bond donors (Lipinski definition) is 1. The van der Waals surface area contributed by atoms with Crippen LogP contribution in [0.1, 0.15) is 30.6 Å². The fourth-order valence-electron chi connectivity index (χ4n) is 1.73. The minimum absolute atomic E-state index is 0.0822. The van der Waals surface area contributed by atoms with Crippen LogP contribution in [0.15, 0.2) is 24.3 Å². The molecule has 1 rings (SSSR count). The van der Waals surface area contributed by atoms with E-state index >= 15 is 0 Å². The smallest absolute Gasteiger partial charge is 0.167 e. The van der Waals surface area contributed by atoms with E-state index in [2.05, 4.69) is 13.8 Å². The maximum absolute atomic E-state index is 12.1. The normalized spacial score (nSPS) is 12.8. The van der Waals surface area contributed by atoms with Crippen LogP contribution in [-0.2, 0) is 0 Å². The highest BCUT2D eigenvalue weighted by molar-refractivity contribution is 6.30. The molecule has 0 aliphatic rings. The number of nitrogens with two attached hydrogens (primary N) is 1. The van der Waals surface area contributed by atoms with Crippen molar-refractivity contribution in [1.29, 1.82) is 0 Å². The van der Waals surface area contributed by atoms with Gasteiger partial charge in [-0.25, -0.2) is 0 Å². The van der Waals surface area contributed by atoms with E-state index in [4.69, 9.17) is 17.3 Å². The molecule has 3 heteroatoms. The quantitative estimate of drug-likeness (QED) is 0.803. The van der Waals surface area contributed by atoms with Crippen LogP contribution in [0, 0.1) is 11.8 Å². The van der Waals surface area contributed by atoms with Gasteiger partial charge in [0.05, 0.1) is 0 Å². The summed E-state index contributed by atoms with van der Waals surface area (Å²) in [6.07, 6.45) is 0.831. The van der Waals surface area contributed by atoms with Crippen LogP contribution < -0.4 is 5.73 Å². The maximum atomic E-state index is 12.1. The molecule has 0 saturated heterocycles. The van der Waals surface area contributed by atoms with Gasteiger partial charge in [0.15, 0.2) is 5.78 Å². The summed E-state index contributed by atoms with van der Waals surface area (Å²) in [5, 5.41) is 0.643. The Bertz CT molecular complexity index is 345. The lowest BCUT2D eigenvalue weighted by Gasteiger charge is -2.15. The first-order chi connectivity index (χ1) is 7.54. The largest absolute Gasteiger partial charge is 0.330 e. The van der Waals surface area contributed by atoms with Crippen LogP contribution in [0.3, 0.4) is 0 Å². The van der Waals surface area contributed by atoms with Gasteiger partial charge in [-0.1, -0.05) is 25.4 Å². The number of carbonyl (C=O) groups is 1. The van der Waals surface area contributed by atoms with Crippen molar-refractivity contribution in [3.05, 3.63) is 34.9 Å². The summed E-state index contributed by atoms with van der Waals surface area (Å²) < 4.78 is 0. The Balaban J connectivity index is 2.78. The first kappa shape index (κ1) is 13.2. The van der Waals surface area contributed by atoms with E-state index in [-0.39, 0.29) is 11.7 Å². The third kappa shape index (κ3) is 3.62. The van der Waals surface area contributed by atoms with Gasteiger partial charge in [-0.15, -0.1) is 0 Å². The Morgan fingerprint density at radius 3 is 2.31 bits per heavy atom. The summed E-state index contributed by atoms with van der Waals surface area (Å²) in [7, 11) is 0. The molecule has 16 heavy (non-hydrogen) atoms. The molecule has 0 aliphatic carbocycles. The van der Waals surface area contributed by atoms with Gasteiger partial charge in [-0.3, -0.25) is 4.79 Å². The lowest BCUT2D eigenvalue weighted by Crippen LogP contribution is -2.25. The standard InChI is InChI=1S/C13H18ClNO/c1-9(2)7-11(8-15)13(16)10-3-5-12(14)6-4-10/h3-6,9,11H,7-8,15H2,1-2H3. The van der Waals surface area contributed by atoms with Crippen molar-refractivity contribution < 1.29 is 4.79 Å². The van der Waals surface area contributed by atoms with Crippen molar-refractivity contribution in [3.8, 4) is 0 Å². The zero-order valence-electron chi connectivity index (χ0n) is 9.74. The fourth-order valence-corrected chi connectivity index (χ4v) is 1.86. The highest BCUT2D eigenvalue weighted by Crippen LogP contribution is 2.18. The van der Waals surface area contributed by atoms with Gasteiger partial charge >= 0.3 is 0 Å². The number of benzene rings is 1. The van der Waals surface area contributed by atoms with Crippen molar-refractivity contribution in [2.75, 3.05) is 6.54 Å². The topological polar surface area (TPSA) is 43.1 Å². The SMILES string of the molecule is CC(C)CC(CN)C(=O)c1ccc(Cl)cc1. The summed E-state index contributed by atoms with van der Waals surface area (Å²) >= 11 is 5.78. The molecule has 1 atom stereocenters. The van der Waals surface area contributed by atoms with Crippen LogP contribution in [0.5, 0.6) is 0 Å². The molecule has 1 aromatic carbocycles. The number of Topliss-reactive ketones (excluding diaryl/α,β-unsaturated/α-hetero) is 1. The zero-order valence-corrected chi connectivity index (χ0v) is 10.5. The molecule has 0 heterocycles. The average molecular weight is 240 g/mol. The summed E-state index contributed by atoms with van der Waals surface area (Å²) in [5.41, 5.74) is 6.34. The van der Waals surface area contributed by atoms with Crippen molar-refractivity contribution in [2.45, 2.75) is 20.3 Å². The Labute approximate surface area is 102 Å². The highest BCUT2D eigenvalue weighted by atomic mass is 35.5. The number of ketones is 1. The first-order valence-electron chi connectivity index (χ1n) is 5.54. The molecule has 0 amide bonds. The van der Waals surface area contributed by atoms with E-state index in [1.165, 1.54) is 0 Å². The van der Waals surface area contributed by atoms with Crippen LogP contribution >= 0.6 is 11.6 Å². The Kier molecular flexibility index (Phi) is 4.97. The Hall–Kier alpha value is -0.860. The van der Waals surface area contributed by atoms with Gasteiger partial charge in [-0.05, 0) is 36.6 Å². The van der Waals surface area contributed by atoms with E-state index in [9.17, 15) is 4.79 Å². The van der Waals surface area contributed by atoms with E-state index < -0.39 is 0 Å². The lowest BCUT2D eigenvalue weighted by molar-refractivity contribution is 0.0909. The van der Waals surface area contributed by atoms with E-state index in [1.807, 2.05) is 0 Å². The molecule has 0 spiro atoms. The lowest BCUT2D eigenvalue weighted by atomic mass is 9.90. The number of hydrogen-bond acceptors (Lipinski definition) is 2. The minimum atomic E-state index is -0.0822. The Morgan fingerprint density at radius 2 is 1.88 bits per heavy atom. The summed E-state index contributed by atoms with van der Waals surface area (Å²) in [6, 6.07) is 6.98. The van der Waals surface area contributed by atoms with Crippen LogP contribution in [0.25, 0.3) is 0 Å². The second-order valence-corrected chi connectivity index (χ2v) is 4.87. The van der Waals surface area contributed by atoms with Gasteiger partial charge in [0, 0.05) is 23.0 Å². The molecule has 2 nitrogen and oxygen atoms in total. The molecule has 1 aromatic rings. The van der Waals surface area contributed by atoms with Gasteiger partial charge in [0.25, 0.3) is 0 Å². The number of halogens is 1. The minimum Gasteiger partial charge on any atom is -0.330 e. The van der Waals surface area contributed by atoms with Crippen LogP contribution in [0.4, 0.5) is 0 Å². The number of rotatable bonds is 5. The van der Waals surface area contributed by atoms with Crippen LogP contribution in [-0.4, -0.2) is 12.3 Å². The Morgan fingerprint density at radius 1 is 1.31 bits per heavy atom. The highest BCUT2D eigenvalue weighted by Gasteiger charge is 2.19. The zero-order chi connectivity index (χ0) is 12.1. The molecule has 1 unspecified atom stereocenters. The predicted octanol–water partition coefficient (Wildman–Crippen LogP) is 3.14. The predicted molar refractivity (Wildman–Crippen MR) is 67.8 cm³/mol. The van der Waals surface area contributed by atoms with Gasteiger partial charge < -0.3 is 5.73 Å². The summed E-state index contributed by atoms with van der Waals surface area (Å²) in [6.45, 7) is 4.59. The average Bonchev–Trinajstić information content (AvgIpc) is 2.25. The molecule has 0 aliphatic heterocycles.